The normalized spacial score (nSPS) is 14.2. The molecule has 4 aromatic carbocycles. The highest BCUT2D eigenvalue weighted by molar-refractivity contribution is 7.88. The molecular formula is C48H46Cl3N9O7S. The smallest absolute Gasteiger partial charge is 0.257 e. The van der Waals surface area contributed by atoms with E-state index >= 15 is 0 Å². The van der Waals surface area contributed by atoms with Crippen LogP contribution in [0.2, 0.25) is 15.1 Å². The van der Waals surface area contributed by atoms with Crippen molar-refractivity contribution in [3.8, 4) is 0 Å². The fraction of sp³-hybridized carbons (Fsp3) is 0.208. The Morgan fingerprint density at radius 1 is 0.544 bits per heavy atom. The number of halogens is 3. The van der Waals surface area contributed by atoms with Gasteiger partial charge in [-0.25, -0.2) is 18.4 Å². The average molecular weight is 999 g/mol. The number of aromatic nitrogens is 2. The van der Waals surface area contributed by atoms with E-state index in [-0.39, 0.29) is 23.8 Å². The van der Waals surface area contributed by atoms with E-state index in [1.54, 1.807) is 109 Å². The summed E-state index contributed by atoms with van der Waals surface area (Å²) >= 11 is 18.5. The Morgan fingerprint density at radius 2 is 1.01 bits per heavy atom. The molecule has 68 heavy (non-hydrogen) atoms. The topological polar surface area (TPSA) is 206 Å². The fourth-order valence-electron chi connectivity index (χ4n) is 7.18. The van der Waals surface area contributed by atoms with Gasteiger partial charge in [0.15, 0.2) is 0 Å². The molecule has 0 bridgehead atoms. The lowest BCUT2D eigenvalue weighted by Crippen LogP contribution is -2.48. The first-order chi connectivity index (χ1) is 32.6. The van der Waals surface area contributed by atoms with Crippen LogP contribution in [-0.2, 0) is 10.0 Å². The van der Waals surface area contributed by atoms with Crippen molar-refractivity contribution in [2.45, 2.75) is 18.9 Å². The number of pyridine rings is 2. The number of anilines is 6. The van der Waals surface area contributed by atoms with Crippen molar-refractivity contribution in [1.29, 1.82) is 0 Å². The van der Waals surface area contributed by atoms with Crippen LogP contribution >= 0.6 is 34.8 Å². The Hall–Kier alpha value is -6.60. The number of nitrogens with one attached hydrogen (secondary N) is 4. The van der Waals surface area contributed by atoms with Crippen LogP contribution in [0.5, 0.6) is 0 Å². The minimum Gasteiger partial charge on any atom is -0.393 e. The van der Waals surface area contributed by atoms with Gasteiger partial charge in [0.25, 0.3) is 23.6 Å². The molecule has 0 radical (unpaired) electrons. The van der Waals surface area contributed by atoms with Gasteiger partial charge in [-0.05, 0) is 97.8 Å². The molecule has 20 heteroatoms. The Kier molecular flexibility index (Phi) is 16.3. The molecule has 16 nitrogen and oxygen atoms in total. The number of carbonyl (C=O) groups excluding carboxylic acids is 4. The van der Waals surface area contributed by atoms with Crippen LogP contribution in [0.4, 0.5) is 34.4 Å². The monoisotopic (exact) mass is 997 g/mol. The quantitative estimate of drug-likeness (QED) is 0.0837. The van der Waals surface area contributed by atoms with E-state index in [2.05, 4.69) is 36.1 Å². The summed E-state index contributed by atoms with van der Waals surface area (Å²) in [6, 6.07) is 32.0. The summed E-state index contributed by atoms with van der Waals surface area (Å²) in [5.74, 6) is 0.0215. The lowest BCUT2D eigenvalue weighted by molar-refractivity contribution is 0.101. The molecule has 0 atom stereocenters. The van der Waals surface area contributed by atoms with Crippen LogP contribution < -0.4 is 31.1 Å². The maximum absolute atomic E-state index is 12.7. The minimum absolute atomic E-state index is 0.259. The van der Waals surface area contributed by atoms with E-state index < -0.39 is 15.9 Å². The van der Waals surface area contributed by atoms with Gasteiger partial charge in [-0.1, -0.05) is 65.1 Å². The van der Waals surface area contributed by atoms with Gasteiger partial charge in [-0.15, -0.1) is 0 Å². The molecule has 4 amide bonds. The maximum Gasteiger partial charge on any atom is 0.257 e. The number of piperazine rings is 1. The molecule has 8 rings (SSSR count). The zero-order valence-electron chi connectivity index (χ0n) is 36.5. The van der Waals surface area contributed by atoms with Crippen LogP contribution in [0.15, 0.2) is 128 Å². The summed E-state index contributed by atoms with van der Waals surface area (Å²) in [6.07, 6.45) is 5.35. The van der Waals surface area contributed by atoms with E-state index in [1.165, 1.54) is 23.0 Å². The van der Waals surface area contributed by atoms with E-state index in [0.717, 1.165) is 18.9 Å². The van der Waals surface area contributed by atoms with Crippen LogP contribution in [0, 0.1) is 0 Å². The second kappa shape index (κ2) is 22.5. The number of rotatable bonds is 11. The lowest BCUT2D eigenvalue weighted by atomic mass is 10.1. The molecule has 0 aliphatic carbocycles. The van der Waals surface area contributed by atoms with E-state index in [1.807, 2.05) is 11.0 Å². The van der Waals surface area contributed by atoms with Gasteiger partial charge < -0.3 is 36.2 Å². The molecular weight excluding hydrogens is 953 g/mol. The van der Waals surface area contributed by atoms with Crippen molar-refractivity contribution >= 4 is 103 Å². The zero-order chi connectivity index (χ0) is 48.4. The highest BCUT2D eigenvalue weighted by Gasteiger charge is 2.25. The molecule has 2 fully saturated rings. The third-order valence-electron chi connectivity index (χ3n) is 10.9. The van der Waals surface area contributed by atoms with Gasteiger partial charge in [0.1, 0.15) is 11.6 Å². The first-order valence-electron chi connectivity index (χ1n) is 21.3. The SMILES string of the molecule is CS(=O)(=O)N1CCN(c2ccc(C(=O)Nc3ccc(Cl)c(NC(=O)c4ccccc4)c3)cn2)CC1.O=C(Nc1ccc(Cl)c(NC(=O)c2ccccc2Cl)c1)c1ccc(N2CCC(O)CC2)nc1. The van der Waals surface area contributed by atoms with Gasteiger partial charge >= 0.3 is 0 Å². The number of piperidine rings is 1. The van der Waals surface area contributed by atoms with Crippen LogP contribution in [0.25, 0.3) is 0 Å². The van der Waals surface area contributed by atoms with E-state index in [9.17, 15) is 32.7 Å². The van der Waals surface area contributed by atoms with Crippen molar-refractivity contribution in [1.82, 2.24) is 14.3 Å². The highest BCUT2D eigenvalue weighted by Crippen LogP contribution is 2.29. The summed E-state index contributed by atoms with van der Waals surface area (Å²) in [5.41, 5.74) is 3.21. The van der Waals surface area contributed by atoms with Crippen molar-refractivity contribution in [2.75, 3.05) is 76.6 Å². The van der Waals surface area contributed by atoms with Crippen LogP contribution in [0.3, 0.4) is 0 Å². The lowest BCUT2D eigenvalue weighted by Gasteiger charge is -2.33. The number of aliphatic hydroxyl groups is 1. The standard InChI is InChI=1S/C24H22Cl2N4O3.C24H24ClN5O4S/c25-19-4-2-1-3-18(19)24(33)29-21-13-16(6-7-20(21)26)28-23(32)15-5-8-22(27-14-15)30-11-9-17(31)10-12-30;1-35(33,34)30-13-11-29(12-14-30)22-10-7-18(16-26-22)24(32)27-19-8-9-20(25)21(15-19)28-23(31)17-5-3-2-4-6-17/h1-8,13-14,17,31H,9-12H2,(H,28,32)(H,29,33);2-10,15-16H,11-14H2,1H3,(H,27,32)(H,28,31). The number of hydrogen-bond donors (Lipinski definition) is 5. The third-order valence-corrected chi connectivity index (χ3v) is 13.2. The number of aliphatic hydroxyl groups excluding tert-OH is 1. The van der Waals surface area contributed by atoms with Gasteiger partial charge in [-0.2, -0.15) is 4.31 Å². The predicted octanol–water partition coefficient (Wildman–Crippen LogP) is 8.18. The number of nitrogens with zero attached hydrogens (tertiary/aromatic N) is 5. The van der Waals surface area contributed by atoms with Gasteiger partial charge in [0.05, 0.1) is 55.5 Å². The number of amides is 4. The predicted molar refractivity (Wildman–Crippen MR) is 267 cm³/mol. The van der Waals surface area contributed by atoms with E-state index in [4.69, 9.17) is 34.8 Å². The van der Waals surface area contributed by atoms with Gasteiger partial charge in [0, 0.05) is 68.6 Å². The Bertz CT molecular complexity index is 2880. The molecule has 2 aliphatic rings. The average Bonchev–Trinajstić information content (AvgIpc) is 3.34. The summed E-state index contributed by atoms with van der Waals surface area (Å²) < 4.78 is 24.8. The first kappa shape index (κ1) is 49.3. The number of benzene rings is 4. The summed E-state index contributed by atoms with van der Waals surface area (Å²) in [6.45, 7) is 3.28. The Morgan fingerprint density at radius 3 is 1.50 bits per heavy atom. The Labute approximate surface area is 408 Å². The molecule has 0 spiro atoms. The van der Waals surface area contributed by atoms with Crippen molar-refractivity contribution in [2.24, 2.45) is 0 Å². The van der Waals surface area contributed by atoms with E-state index in [0.29, 0.717) is 105 Å². The van der Waals surface area contributed by atoms with Crippen LogP contribution in [0.1, 0.15) is 54.3 Å². The molecule has 2 aliphatic heterocycles. The first-order valence-corrected chi connectivity index (χ1v) is 24.3. The molecule has 2 aromatic heterocycles. The fourth-order valence-corrected chi connectivity index (χ4v) is 8.56. The van der Waals surface area contributed by atoms with Crippen molar-refractivity contribution in [3.05, 3.63) is 165 Å². The third kappa shape index (κ3) is 13.1. The zero-order valence-corrected chi connectivity index (χ0v) is 39.6. The molecule has 5 N–H and O–H groups in total. The van der Waals surface area contributed by atoms with Crippen LogP contribution in [-0.4, -0.2) is 103 Å². The van der Waals surface area contributed by atoms with Crippen molar-refractivity contribution in [3.63, 3.8) is 0 Å². The van der Waals surface area contributed by atoms with Gasteiger partial charge in [0.2, 0.25) is 10.0 Å². The Balaban J connectivity index is 0.000000202. The molecule has 6 aromatic rings. The second-order valence-electron chi connectivity index (χ2n) is 15.7. The summed E-state index contributed by atoms with van der Waals surface area (Å²) in [4.78, 5) is 63.3. The molecule has 2 saturated heterocycles. The van der Waals surface area contributed by atoms with Gasteiger partial charge in [-0.3, -0.25) is 19.2 Å². The number of sulfonamides is 1. The number of carbonyl (C=O) groups is 4. The molecule has 0 saturated carbocycles. The molecule has 352 valence electrons. The highest BCUT2D eigenvalue weighted by atomic mass is 35.5. The van der Waals surface area contributed by atoms with Crippen molar-refractivity contribution < 1.29 is 32.7 Å². The largest absolute Gasteiger partial charge is 0.393 e. The molecule has 4 heterocycles. The number of hydrogen-bond acceptors (Lipinski definition) is 11. The molecule has 0 unspecified atom stereocenters. The maximum atomic E-state index is 12.7. The second-order valence-corrected chi connectivity index (χ2v) is 18.9. The summed E-state index contributed by atoms with van der Waals surface area (Å²) in [5, 5.41) is 21.7. The summed E-state index contributed by atoms with van der Waals surface area (Å²) in [7, 11) is -3.20. The minimum atomic E-state index is -3.20.